The number of carboxylic acid groups (broad SMARTS) is 1. The Morgan fingerprint density at radius 3 is 2.52 bits per heavy atom. The van der Waals surface area contributed by atoms with E-state index in [-0.39, 0.29) is 49.0 Å². The number of rotatable bonds is 3. The highest BCUT2D eigenvalue weighted by Crippen LogP contribution is 2.31. The number of aromatic carboxylic acids is 1. The number of piperidine rings is 1. The monoisotopic (exact) mass is 327 g/mol. The number of nitrogens with zero attached hydrogens (tertiary/aromatic N) is 3. The van der Waals surface area contributed by atoms with Gasteiger partial charge in [0.2, 0.25) is 11.7 Å². The van der Waals surface area contributed by atoms with Crippen LogP contribution in [0.4, 0.5) is 19.0 Å². The maximum Gasteiger partial charge on any atom is 0.373 e. The fraction of sp³-hybridized carbons (Fsp3) is 0.357. The molecule has 0 unspecified atom stereocenters. The summed E-state index contributed by atoms with van der Waals surface area (Å²) in [6.07, 6.45) is 1.58. The van der Waals surface area contributed by atoms with Gasteiger partial charge < -0.3 is 14.4 Å². The number of hydrogen-bond donors (Lipinski definition) is 1. The molecule has 0 amide bonds. The van der Waals surface area contributed by atoms with Gasteiger partial charge in [0.25, 0.3) is 5.92 Å². The Kier molecular flexibility index (Phi) is 3.70. The average molecular weight is 327 g/mol. The number of halogens is 3. The van der Waals surface area contributed by atoms with E-state index in [4.69, 9.17) is 9.52 Å². The van der Waals surface area contributed by atoms with Gasteiger partial charge in [-0.2, -0.15) is 0 Å². The van der Waals surface area contributed by atoms with Crippen molar-refractivity contribution in [3.8, 4) is 11.5 Å². The standard InChI is InChI=1S/C14H12F3N3O3/c15-9-5-8(12-19-7-10(23-12)13(21)22)6-18-11(9)20-3-1-14(16,17)2-4-20/h5-7H,1-4H2,(H,21,22). The number of hydrogen-bond acceptors (Lipinski definition) is 5. The molecule has 0 aliphatic carbocycles. The number of aromatic nitrogens is 2. The Labute approximate surface area is 128 Å². The number of carboxylic acids is 1. The SMILES string of the molecule is O=C(O)c1cnc(-c2cnc(N3CCC(F)(F)CC3)c(F)c2)o1. The van der Waals surface area contributed by atoms with E-state index in [1.54, 1.807) is 0 Å². The molecule has 0 spiro atoms. The van der Waals surface area contributed by atoms with Crippen LogP contribution in [0.2, 0.25) is 0 Å². The molecular formula is C14H12F3N3O3. The van der Waals surface area contributed by atoms with Crippen LogP contribution in [-0.2, 0) is 0 Å². The normalized spacial score (nSPS) is 17.3. The molecule has 0 saturated carbocycles. The highest BCUT2D eigenvalue weighted by atomic mass is 19.3. The van der Waals surface area contributed by atoms with E-state index in [1.807, 2.05) is 0 Å². The first-order chi connectivity index (χ1) is 10.9. The van der Waals surface area contributed by atoms with E-state index in [0.29, 0.717) is 0 Å². The van der Waals surface area contributed by atoms with E-state index in [1.165, 1.54) is 11.1 Å². The van der Waals surface area contributed by atoms with Gasteiger partial charge >= 0.3 is 5.97 Å². The molecule has 0 radical (unpaired) electrons. The summed E-state index contributed by atoms with van der Waals surface area (Å²) in [5, 5.41) is 8.76. The summed E-state index contributed by atoms with van der Waals surface area (Å²) in [6, 6.07) is 1.09. The Morgan fingerprint density at radius 1 is 1.26 bits per heavy atom. The fourth-order valence-corrected chi connectivity index (χ4v) is 2.33. The highest BCUT2D eigenvalue weighted by molar-refractivity contribution is 5.84. The second kappa shape index (κ2) is 5.56. The minimum Gasteiger partial charge on any atom is -0.475 e. The van der Waals surface area contributed by atoms with Crippen molar-refractivity contribution in [1.29, 1.82) is 0 Å². The molecule has 9 heteroatoms. The first-order valence-corrected chi connectivity index (χ1v) is 6.83. The Balaban J connectivity index is 1.82. The van der Waals surface area contributed by atoms with Crippen LogP contribution in [0.5, 0.6) is 0 Å². The molecule has 122 valence electrons. The third kappa shape index (κ3) is 3.13. The van der Waals surface area contributed by atoms with Gasteiger partial charge in [0.15, 0.2) is 11.6 Å². The lowest BCUT2D eigenvalue weighted by molar-refractivity contribution is -0.0222. The summed E-state index contributed by atoms with van der Waals surface area (Å²) >= 11 is 0. The molecule has 3 rings (SSSR count). The minimum absolute atomic E-state index is 0.0123. The van der Waals surface area contributed by atoms with Gasteiger partial charge in [0.05, 0.1) is 11.8 Å². The Hall–Kier alpha value is -2.58. The first-order valence-electron chi connectivity index (χ1n) is 6.83. The predicted octanol–water partition coefficient (Wildman–Crippen LogP) is 2.81. The molecule has 2 aromatic heterocycles. The molecule has 0 aromatic carbocycles. The molecular weight excluding hydrogens is 315 g/mol. The molecule has 1 aliphatic rings. The van der Waals surface area contributed by atoms with Crippen molar-refractivity contribution < 1.29 is 27.5 Å². The molecule has 0 atom stereocenters. The summed E-state index contributed by atoms with van der Waals surface area (Å²) in [6.45, 7) is 0.0247. The van der Waals surface area contributed by atoms with Crippen molar-refractivity contribution in [2.24, 2.45) is 0 Å². The first kappa shape index (κ1) is 15.3. The third-order valence-electron chi connectivity index (χ3n) is 3.58. The smallest absolute Gasteiger partial charge is 0.373 e. The van der Waals surface area contributed by atoms with Gasteiger partial charge in [-0.1, -0.05) is 0 Å². The minimum atomic E-state index is -2.72. The fourth-order valence-electron chi connectivity index (χ4n) is 2.33. The van der Waals surface area contributed by atoms with Crippen LogP contribution in [0.3, 0.4) is 0 Å². The van der Waals surface area contributed by atoms with Crippen LogP contribution in [0.1, 0.15) is 23.4 Å². The molecule has 1 N–H and O–H groups in total. The maximum absolute atomic E-state index is 14.2. The quantitative estimate of drug-likeness (QED) is 0.934. The molecule has 23 heavy (non-hydrogen) atoms. The van der Waals surface area contributed by atoms with Crippen LogP contribution < -0.4 is 4.90 Å². The van der Waals surface area contributed by atoms with Crippen LogP contribution >= 0.6 is 0 Å². The number of carbonyl (C=O) groups is 1. The highest BCUT2D eigenvalue weighted by Gasteiger charge is 2.35. The van der Waals surface area contributed by atoms with Crippen LogP contribution in [0.25, 0.3) is 11.5 Å². The zero-order valence-electron chi connectivity index (χ0n) is 11.8. The molecule has 3 heterocycles. The molecule has 1 aliphatic heterocycles. The number of alkyl halides is 2. The van der Waals surface area contributed by atoms with Crippen molar-refractivity contribution in [2.45, 2.75) is 18.8 Å². The average Bonchev–Trinajstić information content (AvgIpc) is 2.98. The van der Waals surface area contributed by atoms with Crippen LogP contribution in [0.15, 0.2) is 22.9 Å². The zero-order valence-corrected chi connectivity index (χ0v) is 11.8. The van der Waals surface area contributed by atoms with E-state index in [0.717, 1.165) is 12.3 Å². The summed E-state index contributed by atoms with van der Waals surface area (Å²) in [4.78, 5) is 19.9. The third-order valence-corrected chi connectivity index (χ3v) is 3.58. The van der Waals surface area contributed by atoms with Gasteiger partial charge in [0, 0.05) is 32.1 Å². The van der Waals surface area contributed by atoms with Crippen LogP contribution in [-0.4, -0.2) is 40.1 Å². The van der Waals surface area contributed by atoms with Crippen molar-refractivity contribution in [3.05, 3.63) is 30.0 Å². The van der Waals surface area contributed by atoms with Gasteiger partial charge in [-0.25, -0.2) is 27.9 Å². The number of pyridine rings is 1. The second-order valence-electron chi connectivity index (χ2n) is 5.21. The summed E-state index contributed by atoms with van der Waals surface area (Å²) in [5.74, 6) is -5.19. The van der Waals surface area contributed by atoms with Gasteiger partial charge in [-0.15, -0.1) is 0 Å². The summed E-state index contributed by atoms with van der Waals surface area (Å²) in [5.41, 5.74) is 0.168. The van der Waals surface area contributed by atoms with E-state index < -0.39 is 17.7 Å². The van der Waals surface area contributed by atoms with Gasteiger partial charge in [-0.3, -0.25) is 0 Å². The van der Waals surface area contributed by atoms with Crippen LogP contribution in [0, 0.1) is 5.82 Å². The van der Waals surface area contributed by atoms with Crippen molar-refractivity contribution in [1.82, 2.24) is 9.97 Å². The van der Waals surface area contributed by atoms with Crippen molar-refractivity contribution in [3.63, 3.8) is 0 Å². The Morgan fingerprint density at radius 2 is 1.96 bits per heavy atom. The topological polar surface area (TPSA) is 79.5 Å². The summed E-state index contributed by atoms with van der Waals surface area (Å²) < 4.78 is 45.4. The summed E-state index contributed by atoms with van der Waals surface area (Å²) in [7, 11) is 0. The van der Waals surface area contributed by atoms with E-state index >= 15 is 0 Å². The molecule has 2 aromatic rings. The Bertz CT molecular complexity index is 738. The lowest BCUT2D eigenvalue weighted by atomic mass is 10.1. The van der Waals surface area contributed by atoms with Crippen molar-refractivity contribution >= 4 is 11.8 Å². The van der Waals surface area contributed by atoms with E-state index in [9.17, 15) is 18.0 Å². The van der Waals surface area contributed by atoms with Crippen molar-refractivity contribution in [2.75, 3.05) is 18.0 Å². The molecule has 0 bridgehead atoms. The predicted molar refractivity (Wildman–Crippen MR) is 73.0 cm³/mol. The second-order valence-corrected chi connectivity index (χ2v) is 5.21. The van der Waals surface area contributed by atoms with Gasteiger partial charge in [-0.05, 0) is 6.07 Å². The number of anilines is 1. The maximum atomic E-state index is 14.2. The molecule has 1 saturated heterocycles. The zero-order chi connectivity index (χ0) is 16.6. The van der Waals surface area contributed by atoms with Gasteiger partial charge in [0.1, 0.15) is 0 Å². The largest absolute Gasteiger partial charge is 0.475 e. The number of oxazole rings is 1. The van der Waals surface area contributed by atoms with E-state index in [2.05, 4.69) is 9.97 Å². The molecule has 1 fully saturated rings. The lowest BCUT2D eigenvalue weighted by Crippen LogP contribution is -2.40. The molecule has 6 nitrogen and oxygen atoms in total. The lowest BCUT2D eigenvalue weighted by Gasteiger charge is -2.32.